The molecule has 0 aliphatic rings. The third-order valence-corrected chi connectivity index (χ3v) is 3.49. The van der Waals surface area contributed by atoms with Crippen molar-refractivity contribution in [3.8, 4) is 0 Å². The van der Waals surface area contributed by atoms with Gasteiger partial charge >= 0.3 is 13.4 Å². The molecule has 6 N–H and O–H groups in total. The molecule has 0 saturated heterocycles. The van der Waals surface area contributed by atoms with Crippen molar-refractivity contribution in [2.75, 3.05) is 0 Å². The molecule has 6 nitrogen and oxygen atoms in total. The van der Waals surface area contributed by atoms with Crippen LogP contribution in [0.3, 0.4) is 0 Å². The molecular formula is C16H42CuO6P2S2. The molecule has 0 aromatic carbocycles. The first-order valence-corrected chi connectivity index (χ1v) is 14.5. The Morgan fingerprint density at radius 1 is 0.630 bits per heavy atom. The van der Waals surface area contributed by atoms with Crippen LogP contribution in [0.25, 0.3) is 0 Å². The summed E-state index contributed by atoms with van der Waals surface area (Å²) in [6, 6.07) is 0. The van der Waals surface area contributed by atoms with E-state index in [1.165, 1.54) is 51.4 Å². The van der Waals surface area contributed by atoms with Crippen molar-refractivity contribution in [3.05, 3.63) is 0 Å². The minimum absolute atomic E-state index is 0. The monoisotopic (exact) mass is 519 g/mol. The Kier molecular flexibility index (Phi) is 37.1. The van der Waals surface area contributed by atoms with Gasteiger partial charge in [-0.25, -0.2) is 0 Å². The molecule has 0 saturated carbocycles. The maximum Gasteiger partial charge on any atom is 0.319 e. The molecule has 0 heterocycles. The van der Waals surface area contributed by atoms with E-state index < -0.39 is 13.4 Å². The topological polar surface area (TPSA) is 121 Å². The maximum absolute atomic E-state index is 7.56. The van der Waals surface area contributed by atoms with Gasteiger partial charge in [-0.2, -0.15) is 0 Å². The molecule has 0 bridgehead atoms. The smallest absolute Gasteiger partial charge is 0.319 e. The summed E-state index contributed by atoms with van der Waals surface area (Å²) in [6.07, 6.45) is 11.1. The molecule has 0 aliphatic carbocycles. The van der Waals surface area contributed by atoms with Gasteiger partial charge in [0, 0.05) is 17.1 Å². The Morgan fingerprint density at radius 3 is 0.926 bits per heavy atom. The van der Waals surface area contributed by atoms with Crippen LogP contribution < -0.4 is 0 Å². The van der Waals surface area contributed by atoms with E-state index in [4.69, 9.17) is 29.4 Å². The van der Waals surface area contributed by atoms with Gasteiger partial charge in [0.25, 0.3) is 0 Å². The third kappa shape index (κ3) is 97.9. The maximum atomic E-state index is 7.56. The minimum atomic E-state index is -3.81. The van der Waals surface area contributed by atoms with Crippen LogP contribution in [0.1, 0.15) is 92.9 Å². The standard InChI is InChI=1S/2C8H18.Cu.2H3O3PS/c2*1-4-6-7-8(3)5-2;;2*1-4(2,3)5/h2*8H,4-7H2,1-3H3;;2*(H3,1,2,3,5). The molecule has 11 heteroatoms. The second-order valence-corrected chi connectivity index (χ2v) is 11.3. The Bertz CT molecular complexity index is 316. The molecule has 0 fully saturated rings. The molecule has 0 spiro atoms. The zero-order valence-corrected chi connectivity index (χ0v) is 21.9. The average Bonchev–Trinajstić information content (AvgIpc) is 2.47. The summed E-state index contributed by atoms with van der Waals surface area (Å²) in [5, 5.41) is 0. The van der Waals surface area contributed by atoms with Crippen molar-refractivity contribution in [1.29, 1.82) is 0 Å². The molecule has 0 aromatic rings. The molecule has 0 aromatic heterocycles. The van der Waals surface area contributed by atoms with Gasteiger partial charge in [-0.15, -0.1) is 0 Å². The first kappa shape index (κ1) is 39.1. The van der Waals surface area contributed by atoms with Crippen LogP contribution in [-0.2, 0) is 40.7 Å². The van der Waals surface area contributed by atoms with Gasteiger partial charge in [0.2, 0.25) is 0 Å². The first-order valence-electron chi connectivity index (χ1n) is 9.18. The predicted molar refractivity (Wildman–Crippen MR) is 120 cm³/mol. The van der Waals surface area contributed by atoms with E-state index in [2.05, 4.69) is 65.2 Å². The van der Waals surface area contributed by atoms with E-state index in [0.29, 0.717) is 0 Å². The fraction of sp³-hybridized carbons (Fsp3) is 1.00. The molecule has 175 valence electrons. The molecule has 2 unspecified atom stereocenters. The van der Waals surface area contributed by atoms with Gasteiger partial charge in [0.1, 0.15) is 0 Å². The summed E-state index contributed by atoms with van der Waals surface area (Å²) in [5.74, 6) is 1.91. The molecule has 0 amide bonds. The molecule has 1 radical (unpaired) electrons. The van der Waals surface area contributed by atoms with E-state index in [9.17, 15) is 0 Å². The number of hydrogen-bond donors (Lipinski definition) is 6. The SMILES string of the molecule is CCCCC(C)CC.CCCCC(C)CC.OP(O)(O)=S.OP(O)(O)=S.[Cu]. The zero-order valence-electron chi connectivity index (χ0n) is 17.5. The van der Waals surface area contributed by atoms with Crippen molar-refractivity contribution in [1.82, 2.24) is 0 Å². The van der Waals surface area contributed by atoms with Crippen molar-refractivity contribution < 1.29 is 46.4 Å². The van der Waals surface area contributed by atoms with Crippen LogP contribution in [0.5, 0.6) is 0 Å². The fourth-order valence-corrected chi connectivity index (χ4v) is 1.51. The van der Waals surface area contributed by atoms with Gasteiger partial charge in [0.05, 0.1) is 0 Å². The van der Waals surface area contributed by atoms with Crippen LogP contribution in [0.15, 0.2) is 0 Å². The van der Waals surface area contributed by atoms with Crippen molar-refractivity contribution >= 4 is 37.1 Å². The van der Waals surface area contributed by atoms with E-state index >= 15 is 0 Å². The van der Waals surface area contributed by atoms with Gasteiger partial charge < -0.3 is 29.4 Å². The van der Waals surface area contributed by atoms with Crippen molar-refractivity contribution in [2.24, 2.45) is 11.8 Å². The molecule has 0 aliphatic heterocycles. The first-order chi connectivity index (χ1) is 11.6. The van der Waals surface area contributed by atoms with Gasteiger partial charge in [-0.3, -0.25) is 0 Å². The molecule has 0 rings (SSSR count). The fourth-order valence-electron chi connectivity index (χ4n) is 1.51. The van der Waals surface area contributed by atoms with Gasteiger partial charge in [0.15, 0.2) is 0 Å². The number of hydrogen-bond acceptors (Lipinski definition) is 2. The largest absolute Gasteiger partial charge is 0.325 e. The quantitative estimate of drug-likeness (QED) is 0.199. The Morgan fingerprint density at radius 2 is 0.815 bits per heavy atom. The third-order valence-electron chi connectivity index (χ3n) is 3.49. The molecule has 27 heavy (non-hydrogen) atoms. The zero-order chi connectivity index (χ0) is 21.8. The second kappa shape index (κ2) is 25.6. The van der Waals surface area contributed by atoms with E-state index in [0.717, 1.165) is 11.8 Å². The molecule has 2 atom stereocenters. The number of unbranched alkanes of at least 4 members (excludes halogenated alkanes) is 2. The Hall–Kier alpha value is 1.58. The van der Waals surface area contributed by atoms with E-state index in [-0.39, 0.29) is 17.1 Å². The van der Waals surface area contributed by atoms with Crippen molar-refractivity contribution in [2.45, 2.75) is 92.9 Å². The average molecular weight is 520 g/mol. The summed E-state index contributed by atoms with van der Waals surface area (Å²) in [7, 11) is 0. The molecular weight excluding hydrogens is 478 g/mol. The van der Waals surface area contributed by atoms with E-state index in [1.807, 2.05) is 0 Å². The summed E-state index contributed by atoms with van der Waals surface area (Å²) in [4.78, 5) is 45.3. The Labute approximate surface area is 187 Å². The van der Waals surface area contributed by atoms with E-state index in [1.54, 1.807) is 0 Å². The second-order valence-electron chi connectivity index (χ2n) is 6.34. The van der Waals surface area contributed by atoms with Gasteiger partial charge in [-0.05, 0) is 35.4 Å². The van der Waals surface area contributed by atoms with Crippen molar-refractivity contribution in [3.63, 3.8) is 0 Å². The Balaban J connectivity index is -0.0000000807. The predicted octanol–water partition coefficient (Wildman–Crippen LogP) is 4.82. The van der Waals surface area contributed by atoms with Crippen LogP contribution >= 0.6 is 13.4 Å². The van der Waals surface area contributed by atoms with Crippen LogP contribution in [-0.4, -0.2) is 29.4 Å². The summed E-state index contributed by atoms with van der Waals surface area (Å²) < 4.78 is 0. The summed E-state index contributed by atoms with van der Waals surface area (Å²) >= 11 is 7.21. The van der Waals surface area contributed by atoms with Gasteiger partial charge in [-0.1, -0.05) is 92.9 Å². The number of rotatable bonds is 8. The van der Waals surface area contributed by atoms with Crippen LogP contribution in [0, 0.1) is 11.8 Å². The summed E-state index contributed by atoms with van der Waals surface area (Å²) in [5.41, 5.74) is 0. The van der Waals surface area contributed by atoms with Crippen LogP contribution in [0.4, 0.5) is 0 Å². The normalized spacial score (nSPS) is 12.6. The summed E-state index contributed by atoms with van der Waals surface area (Å²) in [6.45, 7) is 6.08. The van der Waals surface area contributed by atoms with Crippen LogP contribution in [0.2, 0.25) is 0 Å². The minimum Gasteiger partial charge on any atom is -0.325 e.